The summed E-state index contributed by atoms with van der Waals surface area (Å²) >= 11 is 0. The van der Waals surface area contributed by atoms with Gasteiger partial charge in [0.2, 0.25) is 5.95 Å². The van der Waals surface area contributed by atoms with Crippen molar-refractivity contribution in [3.8, 4) is 0 Å². The van der Waals surface area contributed by atoms with Crippen LogP contribution >= 0.6 is 0 Å². The van der Waals surface area contributed by atoms with Gasteiger partial charge in [-0.3, -0.25) is 9.78 Å². The molecule has 0 atom stereocenters. The van der Waals surface area contributed by atoms with E-state index in [1.807, 2.05) is 4.90 Å². The first kappa shape index (κ1) is 17.3. The number of benzene rings is 1. The number of piperidine rings is 1. The Morgan fingerprint density at radius 2 is 1.86 bits per heavy atom. The maximum Gasteiger partial charge on any atom is 0.342 e. The van der Waals surface area contributed by atoms with Crippen LogP contribution in [-0.2, 0) is 23.2 Å². The molecule has 0 saturated carbocycles. The molecule has 1 saturated heterocycles. The molecule has 0 bridgehead atoms. The van der Waals surface area contributed by atoms with E-state index in [0.717, 1.165) is 43.0 Å². The Bertz CT molecular complexity index is 1040. The van der Waals surface area contributed by atoms with Gasteiger partial charge >= 0.3 is 5.97 Å². The van der Waals surface area contributed by atoms with Gasteiger partial charge in [-0.1, -0.05) is 6.07 Å². The van der Waals surface area contributed by atoms with Crippen LogP contribution < -0.4 is 10.5 Å². The third-order valence-corrected chi connectivity index (χ3v) is 6.13. The molecule has 1 aliphatic carbocycles. The van der Waals surface area contributed by atoms with Crippen LogP contribution in [0.25, 0.3) is 0 Å². The van der Waals surface area contributed by atoms with Gasteiger partial charge in [0.1, 0.15) is 11.2 Å². The molecule has 0 radical (unpaired) electrons. The Labute approximate surface area is 159 Å². The van der Waals surface area contributed by atoms with E-state index in [4.69, 9.17) is 4.74 Å². The number of aryl methyl sites for hydroxylation is 1. The number of esters is 1. The number of halogens is 2. The van der Waals surface area contributed by atoms with E-state index < -0.39 is 23.2 Å². The zero-order valence-corrected chi connectivity index (χ0v) is 15.2. The molecule has 1 aromatic carbocycles. The van der Waals surface area contributed by atoms with E-state index in [0.29, 0.717) is 37.4 Å². The van der Waals surface area contributed by atoms with Crippen LogP contribution in [0.15, 0.2) is 16.9 Å². The topological polar surface area (TPSA) is 75.3 Å². The lowest BCUT2D eigenvalue weighted by atomic mass is 9.83. The number of carbonyl (C=O) groups excluding carboxylic acids is 1. The summed E-state index contributed by atoms with van der Waals surface area (Å²) in [7, 11) is 0. The number of aromatic nitrogens is 2. The number of ether oxygens (including phenoxy) is 1. The van der Waals surface area contributed by atoms with Crippen LogP contribution in [0.5, 0.6) is 0 Å². The zero-order chi connectivity index (χ0) is 19.5. The number of rotatable bonds is 1. The standard InChI is InChI=1S/C20H19F2N3O3/c21-13-6-5-12-15(16(13)22)18(27)28-20(12)7-9-25(10-8-20)19-23-14-4-2-1-3-11(14)17(26)24-19/h5-6H,1-4,7-10H2,(H,23,24,26). The molecule has 5 rings (SSSR count). The Morgan fingerprint density at radius 3 is 2.64 bits per heavy atom. The van der Waals surface area contributed by atoms with Crippen molar-refractivity contribution in [1.29, 1.82) is 0 Å². The highest BCUT2D eigenvalue weighted by atomic mass is 19.2. The minimum absolute atomic E-state index is 0.0878. The molecule has 0 unspecified atom stereocenters. The van der Waals surface area contributed by atoms with Crippen molar-refractivity contribution in [3.05, 3.63) is 56.5 Å². The molecule has 2 aromatic rings. The van der Waals surface area contributed by atoms with Crippen molar-refractivity contribution in [1.82, 2.24) is 9.97 Å². The SMILES string of the molecule is O=C1OC2(CCN(c3nc4c(c(=O)[nH]3)CCCC4)CC2)c2ccc(F)c(F)c21. The maximum absolute atomic E-state index is 14.1. The fourth-order valence-electron chi connectivity index (χ4n) is 4.60. The smallest absolute Gasteiger partial charge is 0.342 e. The summed E-state index contributed by atoms with van der Waals surface area (Å²) < 4.78 is 33.2. The molecular formula is C20H19F2N3O3. The lowest BCUT2D eigenvalue weighted by molar-refractivity contribution is -0.0212. The fraction of sp³-hybridized carbons (Fsp3) is 0.450. The second-order valence-electron chi connectivity index (χ2n) is 7.68. The van der Waals surface area contributed by atoms with Crippen LogP contribution in [0.2, 0.25) is 0 Å². The van der Waals surface area contributed by atoms with Crippen LogP contribution in [0.3, 0.4) is 0 Å². The molecular weight excluding hydrogens is 368 g/mol. The van der Waals surface area contributed by atoms with Gasteiger partial charge in [0, 0.05) is 37.1 Å². The van der Waals surface area contributed by atoms with Gasteiger partial charge in [-0.15, -0.1) is 0 Å². The average Bonchev–Trinajstić information content (AvgIpc) is 2.97. The number of fused-ring (bicyclic) bond motifs is 3. The van der Waals surface area contributed by atoms with Crippen molar-refractivity contribution >= 4 is 11.9 Å². The normalized spacial score (nSPS) is 20.1. The maximum atomic E-state index is 14.1. The molecule has 3 aliphatic rings. The van der Waals surface area contributed by atoms with Crippen molar-refractivity contribution < 1.29 is 18.3 Å². The summed E-state index contributed by atoms with van der Waals surface area (Å²) in [6, 6.07) is 2.47. The van der Waals surface area contributed by atoms with Gasteiger partial charge in [-0.25, -0.2) is 18.6 Å². The van der Waals surface area contributed by atoms with E-state index in [2.05, 4.69) is 9.97 Å². The van der Waals surface area contributed by atoms with Crippen LogP contribution in [0, 0.1) is 11.6 Å². The van der Waals surface area contributed by atoms with Gasteiger partial charge in [0.25, 0.3) is 5.56 Å². The molecule has 2 aliphatic heterocycles. The first-order valence-electron chi connectivity index (χ1n) is 9.57. The van der Waals surface area contributed by atoms with Gasteiger partial charge in [0.05, 0.1) is 5.69 Å². The molecule has 3 heterocycles. The van der Waals surface area contributed by atoms with E-state index in [1.54, 1.807) is 0 Å². The number of hydrogen-bond acceptors (Lipinski definition) is 5. The average molecular weight is 387 g/mol. The molecule has 1 fully saturated rings. The summed E-state index contributed by atoms with van der Waals surface area (Å²) in [5.41, 5.74) is 0.707. The van der Waals surface area contributed by atoms with Crippen molar-refractivity contribution in [3.63, 3.8) is 0 Å². The highest BCUT2D eigenvalue weighted by Gasteiger charge is 2.49. The second kappa shape index (κ2) is 6.12. The Hall–Kier alpha value is -2.77. The lowest BCUT2D eigenvalue weighted by Crippen LogP contribution is -2.44. The molecule has 6 nitrogen and oxygen atoms in total. The van der Waals surface area contributed by atoms with Gasteiger partial charge in [-0.2, -0.15) is 0 Å². The van der Waals surface area contributed by atoms with Crippen molar-refractivity contribution in [2.45, 2.75) is 44.1 Å². The molecule has 1 aromatic heterocycles. The number of H-pyrrole nitrogens is 1. The van der Waals surface area contributed by atoms with Crippen LogP contribution in [0.1, 0.15) is 52.9 Å². The minimum atomic E-state index is -1.15. The largest absolute Gasteiger partial charge is 0.450 e. The van der Waals surface area contributed by atoms with Crippen molar-refractivity contribution in [2.75, 3.05) is 18.0 Å². The molecule has 1 spiro atoms. The molecule has 146 valence electrons. The van der Waals surface area contributed by atoms with Gasteiger partial charge < -0.3 is 9.64 Å². The molecule has 8 heteroatoms. The molecule has 0 amide bonds. The first-order valence-corrected chi connectivity index (χ1v) is 9.57. The minimum Gasteiger partial charge on any atom is -0.450 e. The summed E-state index contributed by atoms with van der Waals surface area (Å²) in [5, 5.41) is 0. The quantitative estimate of drug-likeness (QED) is 0.762. The Kier molecular flexibility index (Phi) is 3.79. The first-order chi connectivity index (χ1) is 13.5. The number of nitrogens with zero attached hydrogens (tertiary/aromatic N) is 2. The van der Waals surface area contributed by atoms with Gasteiger partial charge in [-0.05, 0) is 31.7 Å². The fourth-order valence-corrected chi connectivity index (χ4v) is 4.60. The predicted molar refractivity (Wildman–Crippen MR) is 96.4 cm³/mol. The Morgan fingerprint density at radius 1 is 1.11 bits per heavy atom. The summed E-state index contributed by atoms with van der Waals surface area (Å²) in [6.07, 6.45) is 4.43. The summed E-state index contributed by atoms with van der Waals surface area (Å²) in [5.74, 6) is -2.50. The third kappa shape index (κ3) is 2.47. The highest BCUT2D eigenvalue weighted by Crippen LogP contribution is 2.45. The monoisotopic (exact) mass is 387 g/mol. The molecule has 1 N–H and O–H groups in total. The number of aromatic amines is 1. The van der Waals surface area contributed by atoms with E-state index in [1.165, 1.54) is 6.07 Å². The highest BCUT2D eigenvalue weighted by molar-refractivity contribution is 5.95. The summed E-state index contributed by atoms with van der Waals surface area (Å²) in [6.45, 7) is 0.959. The number of hydrogen-bond donors (Lipinski definition) is 1. The summed E-state index contributed by atoms with van der Waals surface area (Å²) in [4.78, 5) is 34.0. The third-order valence-electron chi connectivity index (χ3n) is 6.13. The second-order valence-corrected chi connectivity index (χ2v) is 7.68. The lowest BCUT2D eigenvalue weighted by Gasteiger charge is -2.39. The predicted octanol–water partition coefficient (Wildman–Crippen LogP) is 2.59. The Balaban J connectivity index is 1.43. The zero-order valence-electron chi connectivity index (χ0n) is 15.2. The van der Waals surface area contributed by atoms with E-state index in [-0.39, 0.29) is 11.1 Å². The number of anilines is 1. The van der Waals surface area contributed by atoms with E-state index >= 15 is 0 Å². The van der Waals surface area contributed by atoms with Crippen LogP contribution in [-0.4, -0.2) is 29.0 Å². The number of nitrogens with one attached hydrogen (secondary N) is 1. The van der Waals surface area contributed by atoms with Crippen LogP contribution in [0.4, 0.5) is 14.7 Å². The number of carbonyl (C=O) groups is 1. The van der Waals surface area contributed by atoms with Gasteiger partial charge in [0.15, 0.2) is 11.6 Å². The van der Waals surface area contributed by atoms with Crippen molar-refractivity contribution in [2.24, 2.45) is 0 Å². The molecule has 28 heavy (non-hydrogen) atoms. The van der Waals surface area contributed by atoms with E-state index in [9.17, 15) is 18.4 Å².